The van der Waals surface area contributed by atoms with Crippen LogP contribution in [0.2, 0.25) is 5.02 Å². The fourth-order valence-electron chi connectivity index (χ4n) is 2.12. The molecule has 0 radical (unpaired) electrons. The Bertz CT molecular complexity index is 818. The van der Waals surface area contributed by atoms with E-state index in [1.165, 1.54) is 13.0 Å². The summed E-state index contributed by atoms with van der Waals surface area (Å²) in [5, 5.41) is 3.27. The van der Waals surface area contributed by atoms with Gasteiger partial charge in [-0.15, -0.1) is 11.8 Å². The average molecular weight is 390 g/mol. The molecule has 0 aliphatic rings. The third-order valence-corrected chi connectivity index (χ3v) is 4.87. The van der Waals surface area contributed by atoms with Gasteiger partial charge in [-0.2, -0.15) is 0 Å². The lowest BCUT2D eigenvalue weighted by atomic mass is 10.2. The molecule has 1 N–H and O–H groups in total. The summed E-state index contributed by atoms with van der Waals surface area (Å²) in [5.74, 6) is -0.995. The molecule has 0 aliphatic carbocycles. The molecule has 2 rings (SSSR count). The van der Waals surface area contributed by atoms with Gasteiger partial charge in [0.2, 0.25) is 0 Å². The van der Waals surface area contributed by atoms with Crippen LogP contribution in [-0.4, -0.2) is 24.2 Å². The molecule has 2 aromatic rings. The number of ether oxygens (including phenoxy) is 1. The van der Waals surface area contributed by atoms with E-state index in [1.54, 1.807) is 43.0 Å². The highest BCUT2D eigenvalue weighted by Gasteiger charge is 2.17. The van der Waals surface area contributed by atoms with Gasteiger partial charge in [-0.1, -0.05) is 29.8 Å². The molecular weight excluding hydrogens is 370 g/mol. The first-order valence-electron chi connectivity index (χ1n) is 7.99. The number of anilines is 1. The highest BCUT2D eigenvalue weighted by Crippen LogP contribution is 2.23. The van der Waals surface area contributed by atoms with Crippen LogP contribution >= 0.6 is 23.4 Å². The van der Waals surface area contributed by atoms with Gasteiger partial charge >= 0.3 is 5.97 Å². The van der Waals surface area contributed by atoms with Gasteiger partial charge in [0.15, 0.2) is 6.10 Å². The van der Waals surface area contributed by atoms with Crippen LogP contribution in [0.4, 0.5) is 5.69 Å². The van der Waals surface area contributed by atoms with Gasteiger partial charge in [0, 0.05) is 21.7 Å². The smallest absolute Gasteiger partial charge is 0.331 e. The van der Waals surface area contributed by atoms with Crippen LogP contribution in [0.1, 0.15) is 18.1 Å². The molecule has 26 heavy (non-hydrogen) atoms. The average Bonchev–Trinajstić information content (AvgIpc) is 2.64. The van der Waals surface area contributed by atoms with Crippen LogP contribution in [0.25, 0.3) is 6.08 Å². The minimum atomic E-state index is -0.926. The highest BCUT2D eigenvalue weighted by atomic mass is 35.5. The number of hydrogen-bond acceptors (Lipinski definition) is 4. The van der Waals surface area contributed by atoms with Crippen molar-refractivity contribution in [3.05, 3.63) is 64.7 Å². The van der Waals surface area contributed by atoms with Gasteiger partial charge in [-0.25, -0.2) is 4.79 Å². The molecule has 0 spiro atoms. The summed E-state index contributed by atoms with van der Waals surface area (Å²) in [7, 11) is 0. The van der Waals surface area contributed by atoms with E-state index < -0.39 is 18.0 Å². The molecule has 0 saturated heterocycles. The van der Waals surface area contributed by atoms with Crippen molar-refractivity contribution in [1.82, 2.24) is 0 Å². The minimum absolute atomic E-state index is 0.415. The lowest BCUT2D eigenvalue weighted by Gasteiger charge is -2.14. The van der Waals surface area contributed by atoms with Crippen molar-refractivity contribution in [1.29, 1.82) is 0 Å². The number of esters is 1. The van der Waals surface area contributed by atoms with Gasteiger partial charge in [-0.3, -0.25) is 4.79 Å². The van der Waals surface area contributed by atoms with Crippen molar-refractivity contribution in [2.75, 3.05) is 11.6 Å². The number of halogens is 1. The fraction of sp³-hybridized carbons (Fsp3) is 0.200. The maximum atomic E-state index is 12.2. The molecule has 0 heterocycles. The summed E-state index contributed by atoms with van der Waals surface area (Å²) in [4.78, 5) is 25.3. The van der Waals surface area contributed by atoms with Gasteiger partial charge in [0.1, 0.15) is 0 Å². The lowest BCUT2D eigenvalue weighted by molar-refractivity contribution is -0.148. The van der Waals surface area contributed by atoms with Crippen molar-refractivity contribution < 1.29 is 14.3 Å². The zero-order valence-electron chi connectivity index (χ0n) is 14.8. The molecule has 0 unspecified atom stereocenters. The second kappa shape index (κ2) is 9.46. The normalized spacial score (nSPS) is 12.0. The number of nitrogens with one attached hydrogen (secondary N) is 1. The molecule has 1 atom stereocenters. The maximum absolute atomic E-state index is 12.2. The third-order valence-electron chi connectivity index (χ3n) is 3.72. The van der Waals surface area contributed by atoms with Crippen LogP contribution in [0.3, 0.4) is 0 Å². The van der Waals surface area contributed by atoms with E-state index in [2.05, 4.69) is 5.32 Å². The first kappa shape index (κ1) is 20.1. The first-order valence-corrected chi connectivity index (χ1v) is 9.59. The molecule has 4 nitrogen and oxygen atoms in total. The van der Waals surface area contributed by atoms with E-state index in [1.807, 2.05) is 30.5 Å². The van der Waals surface area contributed by atoms with Crippen molar-refractivity contribution in [3.8, 4) is 0 Å². The largest absolute Gasteiger partial charge is 0.449 e. The molecule has 0 aliphatic heterocycles. The number of carbonyl (C=O) groups is 2. The first-order chi connectivity index (χ1) is 12.4. The van der Waals surface area contributed by atoms with E-state index in [0.717, 1.165) is 16.0 Å². The van der Waals surface area contributed by atoms with Crippen LogP contribution in [-0.2, 0) is 14.3 Å². The Kier molecular flexibility index (Phi) is 7.30. The molecule has 136 valence electrons. The minimum Gasteiger partial charge on any atom is -0.449 e. The Morgan fingerprint density at radius 3 is 2.54 bits per heavy atom. The number of rotatable bonds is 6. The van der Waals surface area contributed by atoms with Gasteiger partial charge < -0.3 is 10.1 Å². The molecule has 0 fully saturated rings. The monoisotopic (exact) mass is 389 g/mol. The summed E-state index contributed by atoms with van der Waals surface area (Å²) in [6.07, 6.45) is 4.03. The number of carbonyl (C=O) groups excluding carboxylic acids is 2. The van der Waals surface area contributed by atoms with E-state index in [0.29, 0.717) is 10.7 Å². The Labute approximate surface area is 162 Å². The van der Waals surface area contributed by atoms with E-state index in [9.17, 15) is 9.59 Å². The van der Waals surface area contributed by atoms with Crippen LogP contribution in [0.5, 0.6) is 0 Å². The molecule has 1 amide bonds. The summed E-state index contributed by atoms with van der Waals surface area (Å²) in [5.41, 5.74) is 2.23. The lowest BCUT2D eigenvalue weighted by Crippen LogP contribution is -2.29. The Balaban J connectivity index is 1.91. The summed E-state index contributed by atoms with van der Waals surface area (Å²) >= 11 is 7.68. The summed E-state index contributed by atoms with van der Waals surface area (Å²) < 4.78 is 5.15. The van der Waals surface area contributed by atoms with Crippen molar-refractivity contribution in [3.63, 3.8) is 0 Å². The van der Waals surface area contributed by atoms with Crippen LogP contribution < -0.4 is 5.32 Å². The van der Waals surface area contributed by atoms with Crippen molar-refractivity contribution >= 4 is 47.0 Å². The van der Waals surface area contributed by atoms with Gasteiger partial charge in [-0.05, 0) is 61.6 Å². The Hall–Kier alpha value is -2.24. The topological polar surface area (TPSA) is 55.4 Å². The van der Waals surface area contributed by atoms with E-state index >= 15 is 0 Å². The molecule has 2 aromatic carbocycles. The van der Waals surface area contributed by atoms with Crippen LogP contribution in [0, 0.1) is 6.92 Å². The molecule has 0 saturated carbocycles. The van der Waals surface area contributed by atoms with Crippen molar-refractivity contribution in [2.45, 2.75) is 24.8 Å². The van der Waals surface area contributed by atoms with E-state index in [4.69, 9.17) is 16.3 Å². The predicted molar refractivity (Wildman–Crippen MR) is 108 cm³/mol. The van der Waals surface area contributed by atoms with Gasteiger partial charge in [0.05, 0.1) is 0 Å². The van der Waals surface area contributed by atoms with Crippen molar-refractivity contribution in [2.24, 2.45) is 0 Å². The molecule has 6 heteroatoms. The standard InChI is InChI=1S/C20H20ClNO3S/c1-13-17(21)5-4-6-18(13)22-20(24)14(2)25-19(23)12-9-15-7-10-16(26-3)11-8-15/h4-12,14H,1-3H3,(H,22,24)/b12-9+/t14-/m1/s1. The number of benzene rings is 2. The SMILES string of the molecule is CSc1ccc(/C=C/C(=O)O[C@H](C)C(=O)Nc2cccc(Cl)c2C)cc1. The zero-order valence-corrected chi connectivity index (χ0v) is 16.4. The fourth-order valence-corrected chi connectivity index (χ4v) is 2.71. The quantitative estimate of drug-likeness (QED) is 0.431. The number of thioether (sulfide) groups is 1. The number of amides is 1. The summed E-state index contributed by atoms with van der Waals surface area (Å²) in [6.45, 7) is 3.33. The second-order valence-corrected chi connectivity index (χ2v) is 6.87. The number of hydrogen-bond donors (Lipinski definition) is 1. The molecule has 0 aromatic heterocycles. The van der Waals surface area contributed by atoms with E-state index in [-0.39, 0.29) is 0 Å². The Morgan fingerprint density at radius 2 is 1.88 bits per heavy atom. The molecular formula is C20H20ClNO3S. The summed E-state index contributed by atoms with van der Waals surface area (Å²) in [6, 6.07) is 13.0. The van der Waals surface area contributed by atoms with Gasteiger partial charge in [0.25, 0.3) is 5.91 Å². The third kappa shape index (κ3) is 5.64. The Morgan fingerprint density at radius 1 is 1.19 bits per heavy atom. The zero-order chi connectivity index (χ0) is 19.1. The highest BCUT2D eigenvalue weighted by molar-refractivity contribution is 7.98. The molecule has 0 bridgehead atoms. The predicted octanol–water partition coefficient (Wildman–Crippen LogP) is 4.95. The van der Waals surface area contributed by atoms with Crippen LogP contribution in [0.15, 0.2) is 53.4 Å². The second-order valence-electron chi connectivity index (χ2n) is 5.59. The maximum Gasteiger partial charge on any atom is 0.331 e.